The van der Waals surface area contributed by atoms with Crippen LogP contribution >= 0.6 is 0 Å². The van der Waals surface area contributed by atoms with Gasteiger partial charge in [-0.1, -0.05) is 138 Å². The number of hydrogen-bond donors (Lipinski definition) is 0. The molecule has 4 aromatic rings. The Hall–Kier alpha value is -4.99. The maximum absolute atomic E-state index is 12.3. The molecule has 2 aliphatic carbocycles. The summed E-state index contributed by atoms with van der Waals surface area (Å²) in [6.07, 6.45) is 8.61. The van der Waals surface area contributed by atoms with Gasteiger partial charge in [-0.3, -0.25) is 19.2 Å². The largest absolute Gasteiger partial charge is 0.491 e. The molecule has 1 fully saturated rings. The third kappa shape index (κ3) is 19.1. The second kappa shape index (κ2) is 25.7. The number of benzene rings is 1. The molecule has 3 heterocycles. The standard InChI is InChI=1S/C11H15NO.C11H16.C9H10F3NO.C9H13NO.C9H12O.2CH4/c1-8(2)9-3-6-11(13)12(7-9)10-4-5-10;1-8(2)11-6-5-9(3)7-10(11)4;1-6(2)7-3-4-8(14)13(5-7)9(10,11)12;1-7(2)8-4-5-9(11)10(3)6-8;1-7(2)8-3-5-9(10)6-4-8;;/h3,6-8,10H,4-5H2,1-2H3;5-8H,1-4H3;3-6H,1-2H3;4-7H,1-3H3;3-5,7H,6H2,1-2H3;2*1H4. The van der Waals surface area contributed by atoms with Gasteiger partial charge in [-0.05, 0) is 95.7 Å². The molecule has 0 atom stereocenters. The van der Waals surface area contributed by atoms with Crippen molar-refractivity contribution in [1.82, 2.24) is 13.7 Å². The molecule has 2 aliphatic rings. The highest BCUT2D eigenvalue weighted by molar-refractivity contribution is 5.92. The average molecular weight is 850 g/mol. The fraction of sp³-hybridized carbons (Fsp3) is 0.490. The second-order valence-corrected chi connectivity index (χ2v) is 16.8. The normalized spacial score (nSPS) is 13.1. The van der Waals surface area contributed by atoms with Crippen molar-refractivity contribution >= 4 is 5.78 Å². The molecule has 0 unspecified atom stereocenters. The zero-order valence-electron chi connectivity index (χ0n) is 37.4. The van der Waals surface area contributed by atoms with Crippen molar-refractivity contribution in [3.63, 3.8) is 0 Å². The zero-order chi connectivity index (χ0) is 44.8. The molecule has 0 bridgehead atoms. The van der Waals surface area contributed by atoms with Crippen LogP contribution < -0.4 is 16.7 Å². The van der Waals surface area contributed by atoms with Crippen LogP contribution in [0.15, 0.2) is 111 Å². The van der Waals surface area contributed by atoms with Gasteiger partial charge in [-0.25, -0.2) is 4.57 Å². The van der Waals surface area contributed by atoms with Crippen molar-refractivity contribution in [3.05, 3.63) is 161 Å². The highest BCUT2D eigenvalue weighted by Crippen LogP contribution is 2.33. The van der Waals surface area contributed by atoms with Gasteiger partial charge < -0.3 is 9.13 Å². The smallest absolute Gasteiger partial charge is 0.318 e. The number of nitrogens with zero attached hydrogens (tertiary/aromatic N) is 3. The minimum Gasteiger partial charge on any atom is -0.318 e. The number of alkyl halides is 3. The molecule has 338 valence electrons. The molecule has 0 spiro atoms. The molecular weight excluding hydrogens is 776 g/mol. The molecule has 1 aromatic carbocycles. The number of carbonyl (C=O) groups excluding carboxylic acids is 1. The van der Waals surface area contributed by atoms with Crippen molar-refractivity contribution < 1.29 is 18.0 Å². The summed E-state index contributed by atoms with van der Waals surface area (Å²) in [5.41, 5.74) is 7.60. The molecule has 0 saturated heterocycles. The lowest BCUT2D eigenvalue weighted by molar-refractivity contribution is -0.206. The molecule has 3 aromatic heterocycles. The highest BCUT2D eigenvalue weighted by Gasteiger charge is 2.31. The number of hydrogen-bond acceptors (Lipinski definition) is 4. The molecule has 61 heavy (non-hydrogen) atoms. The summed E-state index contributed by atoms with van der Waals surface area (Å²) in [5.74, 6) is 2.36. The van der Waals surface area contributed by atoms with E-state index >= 15 is 0 Å². The summed E-state index contributed by atoms with van der Waals surface area (Å²) in [5, 5.41) is 0. The first-order chi connectivity index (χ1) is 27.4. The van der Waals surface area contributed by atoms with E-state index in [4.69, 9.17) is 0 Å². The quantitative estimate of drug-likeness (QED) is 0.193. The van der Waals surface area contributed by atoms with Crippen LogP contribution in [0.1, 0.15) is 166 Å². The number of carbonyl (C=O) groups is 1. The number of aromatic nitrogens is 3. The predicted octanol–water partition coefficient (Wildman–Crippen LogP) is 13.1. The van der Waals surface area contributed by atoms with E-state index in [1.54, 1.807) is 43.7 Å². The first-order valence-corrected chi connectivity index (χ1v) is 20.6. The summed E-state index contributed by atoms with van der Waals surface area (Å²) in [4.78, 5) is 44.0. The molecule has 6 rings (SSSR count). The first kappa shape index (κ1) is 56.0. The Morgan fingerprint density at radius 3 is 1.49 bits per heavy atom. The average Bonchev–Trinajstić information content (AvgIpc) is 3.99. The Kier molecular flexibility index (Phi) is 23.6. The van der Waals surface area contributed by atoms with Crippen LogP contribution in [0.5, 0.6) is 0 Å². The summed E-state index contributed by atoms with van der Waals surface area (Å²) in [6.45, 7) is 25.1. The lowest BCUT2D eigenvalue weighted by Crippen LogP contribution is -2.30. The van der Waals surface area contributed by atoms with Crippen LogP contribution in [0, 0.1) is 19.8 Å². The van der Waals surface area contributed by atoms with Crippen LogP contribution in [-0.2, 0) is 18.1 Å². The van der Waals surface area contributed by atoms with Crippen LogP contribution in [0.25, 0.3) is 0 Å². The van der Waals surface area contributed by atoms with Crippen molar-refractivity contribution in [2.75, 3.05) is 0 Å². The molecule has 0 radical (unpaired) electrons. The highest BCUT2D eigenvalue weighted by atomic mass is 19.4. The van der Waals surface area contributed by atoms with Gasteiger partial charge in [0, 0.05) is 56.3 Å². The number of rotatable bonds is 6. The minimum absolute atomic E-state index is 0. The van der Waals surface area contributed by atoms with E-state index < -0.39 is 11.9 Å². The van der Waals surface area contributed by atoms with Gasteiger partial charge in [0.15, 0.2) is 5.78 Å². The number of allylic oxidation sites excluding steroid dienone is 4. The van der Waals surface area contributed by atoms with Gasteiger partial charge in [0.1, 0.15) is 0 Å². The van der Waals surface area contributed by atoms with Crippen LogP contribution in [0.4, 0.5) is 13.2 Å². The Labute approximate surface area is 364 Å². The predicted molar refractivity (Wildman–Crippen MR) is 250 cm³/mol. The topological polar surface area (TPSA) is 83.1 Å². The van der Waals surface area contributed by atoms with E-state index in [-0.39, 0.29) is 42.2 Å². The van der Waals surface area contributed by atoms with Gasteiger partial charge in [-0.2, -0.15) is 0 Å². The third-order valence-electron chi connectivity index (χ3n) is 9.93. The Morgan fingerprint density at radius 2 is 1.08 bits per heavy atom. The number of aryl methyl sites for hydroxylation is 3. The maximum atomic E-state index is 12.3. The van der Waals surface area contributed by atoms with E-state index in [9.17, 15) is 32.3 Å². The van der Waals surface area contributed by atoms with E-state index in [1.165, 1.54) is 52.3 Å². The molecule has 0 N–H and O–H groups in total. The van der Waals surface area contributed by atoms with Gasteiger partial charge in [0.2, 0.25) is 5.56 Å². The Morgan fingerprint density at radius 1 is 0.590 bits per heavy atom. The van der Waals surface area contributed by atoms with E-state index in [2.05, 4.69) is 87.4 Å². The monoisotopic (exact) mass is 850 g/mol. The SMILES string of the molecule is C.C.CC(C)C1=CCC(=O)C=C1.CC(C)c1ccc(=O)n(C(F)(F)F)c1.CC(C)c1ccc(=O)n(C)c1.CC(C)c1ccc(=O)n(C2CC2)c1.Cc1ccc(C(C)C)c(C)c1. The Bertz CT molecular complexity index is 2210. The van der Waals surface area contributed by atoms with Crippen molar-refractivity contribution in [1.29, 1.82) is 0 Å². The van der Waals surface area contributed by atoms with Crippen molar-refractivity contribution in [2.45, 2.75) is 153 Å². The summed E-state index contributed by atoms with van der Waals surface area (Å²) >= 11 is 0. The van der Waals surface area contributed by atoms with Crippen molar-refractivity contribution in [3.8, 4) is 0 Å². The molecule has 0 aliphatic heterocycles. The summed E-state index contributed by atoms with van der Waals surface area (Å²) < 4.78 is 40.0. The van der Waals surface area contributed by atoms with Gasteiger partial charge in [0.25, 0.3) is 11.1 Å². The van der Waals surface area contributed by atoms with E-state index in [1.807, 2.05) is 41.2 Å². The lowest BCUT2D eigenvalue weighted by atomic mass is 9.97. The fourth-order valence-electron chi connectivity index (χ4n) is 5.95. The summed E-state index contributed by atoms with van der Waals surface area (Å²) in [6, 6.07) is 16.6. The maximum Gasteiger partial charge on any atom is 0.491 e. The van der Waals surface area contributed by atoms with Gasteiger partial charge in [0.05, 0.1) is 0 Å². The van der Waals surface area contributed by atoms with E-state index in [0.29, 0.717) is 41.7 Å². The fourth-order valence-corrected chi connectivity index (χ4v) is 5.95. The lowest BCUT2D eigenvalue weighted by Gasteiger charge is -2.12. The van der Waals surface area contributed by atoms with Gasteiger partial charge >= 0.3 is 6.30 Å². The Balaban J connectivity index is 0.000000735. The second-order valence-electron chi connectivity index (χ2n) is 16.8. The van der Waals surface area contributed by atoms with Gasteiger partial charge in [-0.15, -0.1) is 13.2 Å². The number of ketones is 1. The van der Waals surface area contributed by atoms with Crippen molar-refractivity contribution in [2.24, 2.45) is 13.0 Å². The molecule has 1 saturated carbocycles. The summed E-state index contributed by atoms with van der Waals surface area (Å²) in [7, 11) is 1.77. The van der Waals surface area contributed by atoms with E-state index in [0.717, 1.165) is 12.3 Å². The number of pyridine rings is 3. The third-order valence-corrected chi connectivity index (χ3v) is 9.93. The number of halogens is 3. The van der Waals surface area contributed by atoms with Crippen LogP contribution in [-0.4, -0.2) is 19.5 Å². The molecular formula is C51H74F3N3O4. The molecule has 0 amide bonds. The van der Waals surface area contributed by atoms with Crippen LogP contribution in [0.3, 0.4) is 0 Å². The zero-order valence-corrected chi connectivity index (χ0v) is 37.4. The first-order valence-electron chi connectivity index (χ1n) is 20.6. The van der Waals surface area contributed by atoms with Crippen LogP contribution in [0.2, 0.25) is 0 Å². The molecule has 7 nitrogen and oxygen atoms in total. The minimum atomic E-state index is -4.64. The molecule has 10 heteroatoms.